The summed E-state index contributed by atoms with van der Waals surface area (Å²) in [5.74, 6) is 0.432. The zero-order valence-electron chi connectivity index (χ0n) is 14.0. The van der Waals surface area contributed by atoms with E-state index in [0.29, 0.717) is 27.8 Å². The molecule has 134 valence electrons. The molecule has 9 heteroatoms. The quantitative estimate of drug-likeness (QED) is 0.583. The Morgan fingerprint density at radius 3 is 2.00 bits per heavy atom. The van der Waals surface area contributed by atoms with Gasteiger partial charge in [-0.15, -0.1) is 0 Å². The maximum Gasteiger partial charge on any atom is 0.342 e. The van der Waals surface area contributed by atoms with E-state index in [1.54, 1.807) is 12.1 Å². The zero-order chi connectivity index (χ0) is 18.4. The van der Waals surface area contributed by atoms with Gasteiger partial charge in [-0.25, -0.2) is 4.79 Å². The second kappa shape index (κ2) is 5.99. The molecule has 0 N–H and O–H groups in total. The smallest absolute Gasteiger partial charge is 0.342 e. The molecule has 0 aromatic heterocycles. The molecule has 2 aromatic carbocycles. The van der Waals surface area contributed by atoms with Crippen LogP contribution in [-0.2, 0) is 21.5 Å². The summed E-state index contributed by atoms with van der Waals surface area (Å²) >= 11 is 0. The number of hydrogen-bond acceptors (Lipinski definition) is 8. The molecule has 3 rings (SSSR count). The van der Waals surface area contributed by atoms with Crippen LogP contribution in [0.3, 0.4) is 0 Å². The van der Waals surface area contributed by atoms with Crippen molar-refractivity contribution in [2.24, 2.45) is 0 Å². The molecule has 1 aliphatic rings. The Labute approximate surface area is 144 Å². The molecule has 0 saturated carbocycles. The fourth-order valence-electron chi connectivity index (χ4n) is 2.82. The third-order valence-corrected chi connectivity index (χ3v) is 4.28. The van der Waals surface area contributed by atoms with Crippen LogP contribution in [0.25, 0.3) is 10.8 Å². The molecule has 2 aromatic rings. The Balaban J connectivity index is 2.48. The molecule has 1 aliphatic heterocycles. The third-order valence-electron chi connectivity index (χ3n) is 3.81. The summed E-state index contributed by atoms with van der Waals surface area (Å²) in [6, 6.07) is 3.16. The van der Waals surface area contributed by atoms with E-state index in [4.69, 9.17) is 23.1 Å². The zero-order valence-corrected chi connectivity index (χ0v) is 14.9. The molecule has 0 bridgehead atoms. The van der Waals surface area contributed by atoms with Crippen molar-refractivity contribution in [2.45, 2.75) is 6.61 Å². The molecular formula is C16H16O8S. The Kier molecular flexibility index (Phi) is 4.11. The van der Waals surface area contributed by atoms with Crippen LogP contribution in [0.5, 0.6) is 23.0 Å². The van der Waals surface area contributed by atoms with Gasteiger partial charge in [0.2, 0.25) is 0 Å². The largest absolute Gasteiger partial charge is 0.495 e. The van der Waals surface area contributed by atoms with Gasteiger partial charge in [0.25, 0.3) is 0 Å². The topological polar surface area (TPSA) is 97.4 Å². The first kappa shape index (κ1) is 17.2. The van der Waals surface area contributed by atoms with E-state index in [2.05, 4.69) is 0 Å². The van der Waals surface area contributed by atoms with E-state index in [-0.39, 0.29) is 23.7 Å². The van der Waals surface area contributed by atoms with Crippen molar-refractivity contribution in [2.75, 3.05) is 27.6 Å². The lowest BCUT2D eigenvalue weighted by atomic mass is 9.98. The van der Waals surface area contributed by atoms with Gasteiger partial charge < -0.3 is 23.1 Å². The molecule has 0 atom stereocenters. The predicted octanol–water partition coefficient (Wildman–Crippen LogP) is 1.87. The van der Waals surface area contributed by atoms with Gasteiger partial charge in [-0.05, 0) is 12.1 Å². The Morgan fingerprint density at radius 1 is 0.960 bits per heavy atom. The second-order valence-corrected chi connectivity index (χ2v) is 6.91. The van der Waals surface area contributed by atoms with Crippen LogP contribution in [0, 0.1) is 0 Å². The maximum absolute atomic E-state index is 12.1. The monoisotopic (exact) mass is 368 g/mol. The van der Waals surface area contributed by atoms with Crippen molar-refractivity contribution >= 4 is 26.9 Å². The van der Waals surface area contributed by atoms with Crippen LogP contribution >= 0.6 is 0 Å². The second-order valence-electron chi connectivity index (χ2n) is 5.33. The Hall–Kier alpha value is -2.68. The van der Waals surface area contributed by atoms with E-state index >= 15 is 0 Å². The number of methoxy groups -OCH3 is 3. The molecule has 0 spiro atoms. The number of benzene rings is 2. The number of ether oxygens (including phenoxy) is 4. The van der Waals surface area contributed by atoms with E-state index in [9.17, 15) is 13.2 Å². The summed E-state index contributed by atoms with van der Waals surface area (Å²) in [5, 5.41) is 0.841. The number of rotatable bonds is 5. The average molecular weight is 368 g/mol. The summed E-state index contributed by atoms with van der Waals surface area (Å²) in [6.45, 7) is -0.111. The minimum Gasteiger partial charge on any atom is -0.495 e. The maximum atomic E-state index is 12.1. The van der Waals surface area contributed by atoms with Crippen LogP contribution < -0.4 is 18.4 Å². The number of fused-ring (bicyclic) bond motifs is 2. The van der Waals surface area contributed by atoms with Gasteiger partial charge in [0.05, 0.1) is 33.1 Å². The van der Waals surface area contributed by atoms with Crippen molar-refractivity contribution in [3.63, 3.8) is 0 Å². The van der Waals surface area contributed by atoms with Gasteiger partial charge in [-0.3, -0.25) is 0 Å². The molecule has 8 nitrogen and oxygen atoms in total. The molecular weight excluding hydrogens is 352 g/mol. The van der Waals surface area contributed by atoms with Crippen molar-refractivity contribution in [3.05, 3.63) is 23.3 Å². The summed E-state index contributed by atoms with van der Waals surface area (Å²) in [4.78, 5) is 12.1. The SMILES string of the molecule is COc1cc2c(OS(C)(=O)=O)c3c(c(OC)c2cc1OC)C(=O)OC3. The lowest BCUT2D eigenvalue weighted by molar-refractivity contribution is 0.0532. The van der Waals surface area contributed by atoms with Gasteiger partial charge in [-0.1, -0.05) is 0 Å². The lowest BCUT2D eigenvalue weighted by Crippen LogP contribution is -2.09. The standard InChI is InChI=1S/C16H16O8S/c1-20-11-5-8-9(6-12(11)21-2)15(22-3)13-10(7-23-16(13)17)14(8)24-25(4,18)19/h5-6H,7H2,1-4H3. The minimum absolute atomic E-state index is 0.0140. The van der Waals surface area contributed by atoms with Gasteiger partial charge in [0.1, 0.15) is 17.9 Å². The fourth-order valence-corrected chi connectivity index (χ4v) is 3.32. The predicted molar refractivity (Wildman–Crippen MR) is 88.2 cm³/mol. The number of hydrogen-bond donors (Lipinski definition) is 0. The van der Waals surface area contributed by atoms with Gasteiger partial charge in [-0.2, -0.15) is 8.42 Å². The van der Waals surface area contributed by atoms with Gasteiger partial charge in [0.15, 0.2) is 17.2 Å². The molecule has 0 saturated heterocycles. The number of carbonyl (C=O) groups is 1. The van der Waals surface area contributed by atoms with E-state index in [0.717, 1.165) is 6.26 Å². The highest BCUT2D eigenvalue weighted by molar-refractivity contribution is 7.86. The highest BCUT2D eigenvalue weighted by Gasteiger charge is 2.34. The molecule has 0 aliphatic carbocycles. The van der Waals surface area contributed by atoms with Crippen LogP contribution in [0.1, 0.15) is 15.9 Å². The number of esters is 1. The van der Waals surface area contributed by atoms with Crippen molar-refractivity contribution in [1.29, 1.82) is 0 Å². The highest BCUT2D eigenvalue weighted by Crippen LogP contribution is 2.47. The molecule has 1 heterocycles. The van der Waals surface area contributed by atoms with Crippen molar-refractivity contribution in [3.8, 4) is 23.0 Å². The first-order chi connectivity index (χ1) is 11.8. The fraction of sp³-hybridized carbons (Fsp3) is 0.312. The normalized spacial score (nSPS) is 13.4. The van der Waals surface area contributed by atoms with Crippen LogP contribution in [0.2, 0.25) is 0 Å². The summed E-state index contributed by atoms with van der Waals surface area (Å²) in [7, 11) is 0.489. The number of cyclic esters (lactones) is 1. The van der Waals surface area contributed by atoms with Gasteiger partial charge in [0, 0.05) is 10.8 Å². The number of carbonyl (C=O) groups excluding carboxylic acids is 1. The molecule has 25 heavy (non-hydrogen) atoms. The molecule has 0 amide bonds. The Bertz CT molecular complexity index is 978. The van der Waals surface area contributed by atoms with E-state index < -0.39 is 16.1 Å². The molecule has 0 unspecified atom stereocenters. The summed E-state index contributed by atoms with van der Waals surface area (Å²) < 4.78 is 49.6. The molecule has 0 radical (unpaired) electrons. The third kappa shape index (κ3) is 2.80. The van der Waals surface area contributed by atoms with E-state index in [1.165, 1.54) is 21.3 Å². The summed E-state index contributed by atoms with van der Waals surface area (Å²) in [5.41, 5.74) is 0.452. The average Bonchev–Trinajstić information content (AvgIpc) is 2.94. The lowest BCUT2D eigenvalue weighted by Gasteiger charge is -2.17. The van der Waals surface area contributed by atoms with Crippen LogP contribution in [0.15, 0.2) is 12.1 Å². The summed E-state index contributed by atoms with van der Waals surface area (Å²) in [6.07, 6.45) is 0.924. The minimum atomic E-state index is -3.84. The molecule has 0 fully saturated rings. The van der Waals surface area contributed by atoms with Crippen LogP contribution in [-0.4, -0.2) is 42.0 Å². The first-order valence-corrected chi connectivity index (χ1v) is 8.97. The van der Waals surface area contributed by atoms with E-state index in [1.807, 2.05) is 0 Å². The highest BCUT2D eigenvalue weighted by atomic mass is 32.2. The van der Waals surface area contributed by atoms with Gasteiger partial charge >= 0.3 is 16.1 Å². The van der Waals surface area contributed by atoms with Crippen molar-refractivity contribution < 1.29 is 36.3 Å². The first-order valence-electron chi connectivity index (χ1n) is 7.15. The van der Waals surface area contributed by atoms with Crippen LogP contribution in [0.4, 0.5) is 0 Å². The van der Waals surface area contributed by atoms with Crippen molar-refractivity contribution in [1.82, 2.24) is 0 Å². The Morgan fingerprint density at radius 2 is 1.52 bits per heavy atom.